The number of hydrogen-bond acceptors (Lipinski definition) is 4. The fourth-order valence-corrected chi connectivity index (χ4v) is 2.65. The molecule has 0 spiro atoms. The first-order valence-electron chi connectivity index (χ1n) is 5.46. The number of nitrogens with one attached hydrogen (secondary N) is 1. The Labute approximate surface area is 106 Å². The summed E-state index contributed by atoms with van der Waals surface area (Å²) in [6.45, 7) is 3.66. The van der Waals surface area contributed by atoms with Gasteiger partial charge in [-0.3, -0.25) is 9.48 Å². The average Bonchev–Trinajstić information content (AvgIpc) is 2.63. The molecule has 18 heavy (non-hydrogen) atoms. The zero-order valence-electron chi connectivity index (χ0n) is 10.5. The van der Waals surface area contributed by atoms with Gasteiger partial charge in [0.05, 0.1) is 6.20 Å². The van der Waals surface area contributed by atoms with E-state index in [9.17, 15) is 13.2 Å². The molecule has 1 heterocycles. The minimum absolute atomic E-state index is 0.0417. The van der Waals surface area contributed by atoms with Gasteiger partial charge < -0.3 is 5.11 Å². The summed E-state index contributed by atoms with van der Waals surface area (Å²) < 4.78 is 27.3. The van der Waals surface area contributed by atoms with Crippen LogP contribution < -0.4 is 4.72 Å². The minimum atomic E-state index is -3.84. The quantitative estimate of drug-likeness (QED) is 0.772. The third kappa shape index (κ3) is 3.81. The number of carboxylic acid groups (broad SMARTS) is 1. The standard InChI is InChI=1S/C10H17N3O4S/c1-7(2)4-9(10(14)15)12-18(16,17)8-5-11-13(3)6-8/h5-7,9,12H,4H2,1-3H3,(H,14,15)/t9-/m0/s1. The second-order valence-electron chi connectivity index (χ2n) is 4.49. The van der Waals surface area contributed by atoms with Crippen LogP contribution in [0.25, 0.3) is 0 Å². The summed E-state index contributed by atoms with van der Waals surface area (Å²) in [4.78, 5) is 11.0. The van der Waals surface area contributed by atoms with Gasteiger partial charge in [0.2, 0.25) is 10.0 Å². The highest BCUT2D eigenvalue weighted by atomic mass is 32.2. The number of hydrogen-bond donors (Lipinski definition) is 2. The van der Waals surface area contributed by atoms with Crippen LogP contribution in [0.15, 0.2) is 17.3 Å². The molecular weight excluding hydrogens is 258 g/mol. The summed E-state index contributed by atoms with van der Waals surface area (Å²) >= 11 is 0. The summed E-state index contributed by atoms with van der Waals surface area (Å²) in [6, 6.07) is -1.13. The smallest absolute Gasteiger partial charge is 0.321 e. The van der Waals surface area contributed by atoms with Gasteiger partial charge in [0, 0.05) is 13.2 Å². The van der Waals surface area contributed by atoms with Crippen molar-refractivity contribution in [2.45, 2.75) is 31.2 Å². The fraction of sp³-hybridized carbons (Fsp3) is 0.600. The van der Waals surface area contributed by atoms with Crippen molar-refractivity contribution in [1.82, 2.24) is 14.5 Å². The van der Waals surface area contributed by atoms with Crippen LogP contribution in [0.1, 0.15) is 20.3 Å². The van der Waals surface area contributed by atoms with E-state index in [-0.39, 0.29) is 17.2 Å². The maximum Gasteiger partial charge on any atom is 0.321 e. The van der Waals surface area contributed by atoms with Gasteiger partial charge in [-0.15, -0.1) is 0 Å². The van der Waals surface area contributed by atoms with E-state index in [1.807, 2.05) is 13.8 Å². The zero-order chi connectivity index (χ0) is 13.9. The molecule has 0 aliphatic heterocycles. The first-order valence-corrected chi connectivity index (χ1v) is 6.94. The highest BCUT2D eigenvalue weighted by Gasteiger charge is 2.26. The lowest BCUT2D eigenvalue weighted by Gasteiger charge is -2.15. The Morgan fingerprint density at radius 2 is 2.17 bits per heavy atom. The second-order valence-corrected chi connectivity index (χ2v) is 6.21. The van der Waals surface area contributed by atoms with E-state index >= 15 is 0 Å². The van der Waals surface area contributed by atoms with Crippen LogP contribution in [0.3, 0.4) is 0 Å². The number of carbonyl (C=O) groups is 1. The first kappa shape index (κ1) is 14.7. The first-order chi connectivity index (χ1) is 8.22. The van der Waals surface area contributed by atoms with E-state index in [1.54, 1.807) is 7.05 Å². The number of carboxylic acids is 1. The molecule has 1 aromatic rings. The SMILES string of the molecule is CC(C)C[C@H](NS(=O)(=O)c1cnn(C)c1)C(=O)O. The number of aliphatic carboxylic acids is 1. The molecule has 1 rings (SSSR count). The van der Waals surface area contributed by atoms with Crippen molar-refractivity contribution in [3.05, 3.63) is 12.4 Å². The molecule has 0 aromatic carbocycles. The maximum atomic E-state index is 11.9. The van der Waals surface area contributed by atoms with Gasteiger partial charge in [0.15, 0.2) is 0 Å². The highest BCUT2D eigenvalue weighted by molar-refractivity contribution is 7.89. The van der Waals surface area contributed by atoms with Crippen LogP contribution in [0.4, 0.5) is 0 Å². The Bertz CT molecular complexity index is 521. The molecule has 0 bridgehead atoms. The number of aryl methyl sites for hydroxylation is 1. The van der Waals surface area contributed by atoms with Crippen LogP contribution in [0, 0.1) is 5.92 Å². The third-order valence-electron chi connectivity index (χ3n) is 2.29. The summed E-state index contributed by atoms with van der Waals surface area (Å²) in [5.74, 6) is -1.11. The van der Waals surface area contributed by atoms with Crippen molar-refractivity contribution < 1.29 is 18.3 Å². The van der Waals surface area contributed by atoms with Gasteiger partial charge in [-0.1, -0.05) is 13.8 Å². The molecule has 0 aliphatic carbocycles. The van der Waals surface area contributed by atoms with Gasteiger partial charge in [-0.05, 0) is 12.3 Å². The topological polar surface area (TPSA) is 101 Å². The van der Waals surface area contributed by atoms with Crippen LogP contribution >= 0.6 is 0 Å². The van der Waals surface area contributed by atoms with E-state index in [4.69, 9.17) is 5.11 Å². The molecule has 0 unspecified atom stereocenters. The summed E-state index contributed by atoms with van der Waals surface area (Å²) in [7, 11) is -2.26. The molecule has 8 heteroatoms. The molecule has 0 saturated heterocycles. The molecule has 102 valence electrons. The monoisotopic (exact) mass is 275 g/mol. The van der Waals surface area contributed by atoms with Crippen LogP contribution in [-0.2, 0) is 21.9 Å². The predicted molar refractivity (Wildman–Crippen MR) is 64.4 cm³/mol. The van der Waals surface area contributed by atoms with Gasteiger partial charge >= 0.3 is 5.97 Å². The third-order valence-corrected chi connectivity index (χ3v) is 3.72. The van der Waals surface area contributed by atoms with Crippen LogP contribution in [-0.4, -0.2) is 35.3 Å². The van der Waals surface area contributed by atoms with Crippen molar-refractivity contribution in [3.63, 3.8) is 0 Å². The summed E-state index contributed by atoms with van der Waals surface area (Å²) in [5.41, 5.74) is 0. The van der Waals surface area contributed by atoms with Crippen molar-refractivity contribution in [1.29, 1.82) is 0 Å². The Kier molecular flexibility index (Phi) is 4.47. The van der Waals surface area contributed by atoms with E-state index in [2.05, 4.69) is 9.82 Å². The lowest BCUT2D eigenvalue weighted by molar-refractivity contribution is -0.139. The Morgan fingerprint density at radius 1 is 1.56 bits per heavy atom. The van der Waals surface area contributed by atoms with Crippen molar-refractivity contribution in [2.24, 2.45) is 13.0 Å². The van der Waals surface area contributed by atoms with Gasteiger partial charge in [-0.25, -0.2) is 8.42 Å². The van der Waals surface area contributed by atoms with E-state index in [1.165, 1.54) is 17.1 Å². The lowest BCUT2D eigenvalue weighted by atomic mass is 10.1. The van der Waals surface area contributed by atoms with Gasteiger partial charge in [0.1, 0.15) is 10.9 Å². The molecule has 0 amide bonds. The minimum Gasteiger partial charge on any atom is -0.480 e. The van der Waals surface area contributed by atoms with Crippen molar-refractivity contribution >= 4 is 16.0 Å². The lowest BCUT2D eigenvalue weighted by Crippen LogP contribution is -2.41. The maximum absolute atomic E-state index is 11.9. The van der Waals surface area contributed by atoms with Gasteiger partial charge in [0.25, 0.3) is 0 Å². The molecule has 0 radical (unpaired) electrons. The fourth-order valence-electron chi connectivity index (χ4n) is 1.46. The van der Waals surface area contributed by atoms with Crippen molar-refractivity contribution in [3.8, 4) is 0 Å². The molecule has 2 N–H and O–H groups in total. The van der Waals surface area contributed by atoms with E-state index in [0.29, 0.717) is 0 Å². The molecule has 1 aromatic heterocycles. The van der Waals surface area contributed by atoms with Crippen LogP contribution in [0.5, 0.6) is 0 Å². The normalized spacial score (nSPS) is 13.8. The van der Waals surface area contributed by atoms with Crippen LogP contribution in [0.2, 0.25) is 0 Å². The largest absolute Gasteiger partial charge is 0.480 e. The number of aromatic nitrogens is 2. The number of nitrogens with zero attached hydrogens (tertiary/aromatic N) is 2. The molecule has 0 saturated carbocycles. The Hall–Kier alpha value is -1.41. The predicted octanol–water partition coefficient (Wildman–Crippen LogP) is 0.198. The Morgan fingerprint density at radius 3 is 2.56 bits per heavy atom. The van der Waals surface area contributed by atoms with Crippen molar-refractivity contribution in [2.75, 3.05) is 0 Å². The average molecular weight is 275 g/mol. The Balaban J connectivity index is 2.89. The van der Waals surface area contributed by atoms with Gasteiger partial charge in [-0.2, -0.15) is 9.82 Å². The molecule has 7 nitrogen and oxygen atoms in total. The molecule has 0 fully saturated rings. The summed E-state index contributed by atoms with van der Waals surface area (Å²) in [5, 5.41) is 12.7. The molecule has 1 atom stereocenters. The van der Waals surface area contributed by atoms with E-state index in [0.717, 1.165) is 0 Å². The zero-order valence-corrected chi connectivity index (χ0v) is 11.3. The van der Waals surface area contributed by atoms with E-state index < -0.39 is 22.0 Å². The number of sulfonamides is 1. The number of rotatable bonds is 6. The second kappa shape index (κ2) is 5.49. The molecule has 0 aliphatic rings. The molecular formula is C10H17N3O4S. The highest BCUT2D eigenvalue weighted by Crippen LogP contribution is 2.11. The summed E-state index contributed by atoms with van der Waals surface area (Å²) in [6.07, 6.45) is 2.72.